The van der Waals surface area contributed by atoms with Crippen LogP contribution in [0.4, 0.5) is 4.79 Å². The van der Waals surface area contributed by atoms with E-state index in [2.05, 4.69) is 5.92 Å². The largest absolute Gasteiger partial charge is 0.478 e. The second kappa shape index (κ2) is 5.63. The molecule has 0 bridgehead atoms. The van der Waals surface area contributed by atoms with Gasteiger partial charge in [-0.3, -0.25) is 14.5 Å². The van der Waals surface area contributed by atoms with E-state index in [4.69, 9.17) is 11.5 Å². The Bertz CT molecular complexity index is 655. The monoisotopic (exact) mass is 287 g/mol. The molecule has 100 valence electrons. The highest BCUT2D eigenvalue weighted by Gasteiger charge is 2.34. The van der Waals surface area contributed by atoms with Gasteiger partial charge < -0.3 is 5.11 Å². The summed E-state index contributed by atoms with van der Waals surface area (Å²) in [5, 5.41) is 8.39. The van der Waals surface area contributed by atoms with Crippen LogP contribution in [0.1, 0.15) is 15.9 Å². The van der Waals surface area contributed by atoms with Crippen molar-refractivity contribution in [3.63, 3.8) is 0 Å². The van der Waals surface area contributed by atoms with Gasteiger partial charge in [0.1, 0.15) is 0 Å². The van der Waals surface area contributed by atoms with Gasteiger partial charge in [-0.2, -0.15) is 0 Å². The molecule has 1 fully saturated rings. The fourth-order valence-electron chi connectivity index (χ4n) is 1.60. The molecule has 1 aliphatic heterocycles. The predicted octanol–water partition coefficient (Wildman–Crippen LogP) is 2.05. The first-order valence-corrected chi connectivity index (χ1v) is 6.37. The molecule has 2 rings (SSSR count). The molecule has 0 unspecified atom stereocenters. The lowest BCUT2D eigenvalue weighted by atomic mass is 10.1. The van der Waals surface area contributed by atoms with Gasteiger partial charge in [0.05, 0.1) is 17.0 Å². The third-order valence-electron chi connectivity index (χ3n) is 2.58. The average molecular weight is 287 g/mol. The lowest BCUT2D eigenvalue weighted by Crippen LogP contribution is -2.28. The van der Waals surface area contributed by atoms with Crippen molar-refractivity contribution < 1.29 is 19.5 Å². The summed E-state index contributed by atoms with van der Waals surface area (Å²) in [6.45, 7) is -0.0556. The first-order chi connectivity index (χ1) is 9.52. The summed E-state index contributed by atoms with van der Waals surface area (Å²) in [5.74, 6) is 0.801. The minimum atomic E-state index is -1.02. The molecule has 1 N–H and O–H groups in total. The van der Waals surface area contributed by atoms with Crippen molar-refractivity contribution in [3.8, 4) is 12.3 Å². The van der Waals surface area contributed by atoms with Crippen molar-refractivity contribution in [2.45, 2.75) is 0 Å². The summed E-state index contributed by atoms with van der Waals surface area (Å²) in [6.07, 6.45) is 6.63. The van der Waals surface area contributed by atoms with Crippen molar-refractivity contribution in [1.82, 2.24) is 4.90 Å². The molecule has 0 aromatic heterocycles. The fourth-order valence-corrected chi connectivity index (χ4v) is 2.44. The Hall–Kier alpha value is -2.52. The van der Waals surface area contributed by atoms with Gasteiger partial charge in [0, 0.05) is 0 Å². The highest BCUT2D eigenvalue weighted by atomic mass is 32.2. The number of benzene rings is 1. The number of rotatable bonds is 3. The molecule has 6 heteroatoms. The highest BCUT2D eigenvalue weighted by molar-refractivity contribution is 8.18. The number of aromatic carboxylic acids is 1. The zero-order valence-corrected chi connectivity index (χ0v) is 11.0. The van der Waals surface area contributed by atoms with E-state index in [9.17, 15) is 14.4 Å². The smallest absolute Gasteiger partial charge is 0.335 e. The summed E-state index contributed by atoms with van der Waals surface area (Å²) in [4.78, 5) is 35.5. The normalized spacial score (nSPS) is 16.6. The maximum Gasteiger partial charge on any atom is 0.335 e. The molecule has 1 saturated heterocycles. The first kappa shape index (κ1) is 13.9. The number of thioether (sulfide) groups is 1. The van der Waals surface area contributed by atoms with E-state index < -0.39 is 17.1 Å². The number of carbonyl (C=O) groups excluding carboxylic acids is 2. The number of hydrogen-bond acceptors (Lipinski definition) is 4. The molecule has 1 aromatic carbocycles. The number of carboxylic acids is 1. The van der Waals surface area contributed by atoms with Gasteiger partial charge in [0.2, 0.25) is 0 Å². The zero-order valence-electron chi connectivity index (χ0n) is 10.2. The van der Waals surface area contributed by atoms with Gasteiger partial charge in [-0.15, -0.1) is 6.42 Å². The van der Waals surface area contributed by atoms with Gasteiger partial charge in [0.15, 0.2) is 0 Å². The molecule has 1 aliphatic rings. The SMILES string of the molecule is C#CCN1C(=O)SC(=Cc2ccc(C(=O)O)cc2)C1=O. The summed E-state index contributed by atoms with van der Waals surface area (Å²) in [5.41, 5.74) is 0.795. The Labute approximate surface area is 119 Å². The third-order valence-corrected chi connectivity index (χ3v) is 3.49. The Balaban J connectivity index is 2.24. The van der Waals surface area contributed by atoms with E-state index in [0.717, 1.165) is 16.7 Å². The molecular weight excluding hydrogens is 278 g/mol. The van der Waals surface area contributed by atoms with Gasteiger partial charge in [0.25, 0.3) is 11.1 Å². The van der Waals surface area contributed by atoms with Gasteiger partial charge in [-0.25, -0.2) is 4.79 Å². The van der Waals surface area contributed by atoms with Crippen molar-refractivity contribution in [2.75, 3.05) is 6.54 Å². The first-order valence-electron chi connectivity index (χ1n) is 5.55. The number of carboxylic acid groups (broad SMARTS) is 1. The minimum Gasteiger partial charge on any atom is -0.478 e. The predicted molar refractivity (Wildman–Crippen MR) is 74.9 cm³/mol. The third kappa shape index (κ3) is 2.73. The molecule has 0 aliphatic carbocycles. The Morgan fingerprint density at radius 1 is 1.35 bits per heavy atom. The standard InChI is InChI=1S/C14H9NO4S/c1-2-7-15-12(16)11(20-14(15)19)8-9-3-5-10(6-4-9)13(17)18/h1,3-6,8H,7H2,(H,17,18). The Morgan fingerprint density at radius 2 is 2.00 bits per heavy atom. The molecule has 5 nitrogen and oxygen atoms in total. The maximum atomic E-state index is 11.9. The van der Waals surface area contributed by atoms with E-state index in [-0.39, 0.29) is 17.0 Å². The van der Waals surface area contributed by atoms with Crippen LogP contribution in [0.3, 0.4) is 0 Å². The van der Waals surface area contributed by atoms with Crippen LogP contribution in [0.25, 0.3) is 6.08 Å². The van der Waals surface area contributed by atoms with Gasteiger partial charge >= 0.3 is 5.97 Å². The number of amides is 2. The second-order valence-corrected chi connectivity index (χ2v) is 4.89. The number of carbonyl (C=O) groups is 3. The van der Waals surface area contributed by atoms with E-state index in [0.29, 0.717) is 5.56 Å². The van der Waals surface area contributed by atoms with Gasteiger partial charge in [-0.1, -0.05) is 18.1 Å². The highest BCUT2D eigenvalue weighted by Crippen LogP contribution is 2.31. The molecule has 1 heterocycles. The van der Waals surface area contributed by atoms with Crippen LogP contribution in [0.15, 0.2) is 29.2 Å². The van der Waals surface area contributed by atoms with Gasteiger partial charge in [-0.05, 0) is 35.5 Å². The molecule has 0 spiro atoms. The van der Waals surface area contributed by atoms with Crippen LogP contribution < -0.4 is 0 Å². The van der Waals surface area contributed by atoms with Crippen molar-refractivity contribution >= 4 is 35.0 Å². The van der Waals surface area contributed by atoms with E-state index in [1.807, 2.05) is 0 Å². The molecule has 0 atom stereocenters. The van der Waals surface area contributed by atoms with E-state index in [1.54, 1.807) is 12.1 Å². The van der Waals surface area contributed by atoms with Crippen molar-refractivity contribution in [3.05, 3.63) is 40.3 Å². The van der Waals surface area contributed by atoms with Crippen LogP contribution in [0.5, 0.6) is 0 Å². The summed E-state index contributed by atoms with van der Waals surface area (Å²) < 4.78 is 0. The lowest BCUT2D eigenvalue weighted by Gasteiger charge is -2.06. The quantitative estimate of drug-likeness (QED) is 0.680. The number of terminal acetylenes is 1. The Morgan fingerprint density at radius 3 is 2.55 bits per heavy atom. The molecule has 20 heavy (non-hydrogen) atoms. The number of hydrogen-bond donors (Lipinski definition) is 1. The molecule has 1 aromatic rings. The van der Waals surface area contributed by atoms with Crippen LogP contribution in [0, 0.1) is 12.3 Å². The average Bonchev–Trinajstić information content (AvgIpc) is 2.67. The summed E-state index contributed by atoms with van der Waals surface area (Å²) in [7, 11) is 0. The molecule has 0 saturated carbocycles. The lowest BCUT2D eigenvalue weighted by molar-refractivity contribution is -0.122. The topological polar surface area (TPSA) is 74.7 Å². The Kier molecular flexibility index (Phi) is 3.91. The maximum absolute atomic E-state index is 11.9. The van der Waals surface area contributed by atoms with Crippen LogP contribution in [-0.4, -0.2) is 33.7 Å². The minimum absolute atomic E-state index is 0.0556. The van der Waals surface area contributed by atoms with Crippen molar-refractivity contribution in [2.24, 2.45) is 0 Å². The fraction of sp³-hybridized carbons (Fsp3) is 0.0714. The van der Waals surface area contributed by atoms with Crippen LogP contribution >= 0.6 is 11.8 Å². The number of nitrogens with zero attached hydrogens (tertiary/aromatic N) is 1. The molecular formula is C14H9NO4S. The van der Waals surface area contributed by atoms with E-state index >= 15 is 0 Å². The van der Waals surface area contributed by atoms with E-state index in [1.165, 1.54) is 18.2 Å². The zero-order chi connectivity index (χ0) is 14.7. The molecule has 0 radical (unpaired) electrons. The second-order valence-electron chi connectivity index (χ2n) is 3.90. The van der Waals surface area contributed by atoms with Crippen LogP contribution in [-0.2, 0) is 4.79 Å². The summed E-state index contributed by atoms with van der Waals surface area (Å²) in [6, 6.07) is 6.00. The van der Waals surface area contributed by atoms with Crippen molar-refractivity contribution in [1.29, 1.82) is 0 Å². The van der Waals surface area contributed by atoms with Crippen LogP contribution in [0.2, 0.25) is 0 Å². The number of imide groups is 1. The molecule has 2 amide bonds. The summed E-state index contributed by atoms with van der Waals surface area (Å²) >= 11 is 0.814.